The Bertz CT molecular complexity index is 190. The highest BCUT2D eigenvalue weighted by molar-refractivity contribution is 5.07. The first-order valence-corrected chi connectivity index (χ1v) is 6.61. The molecule has 1 heteroatoms. The molecule has 0 saturated heterocycles. The maximum Gasteiger partial charge on any atom is 0.0276 e. The Morgan fingerprint density at radius 2 is 2.00 bits per heavy atom. The molecule has 0 aliphatic heterocycles. The molecule has 0 aromatic heterocycles. The van der Waals surface area contributed by atoms with Crippen molar-refractivity contribution in [1.82, 2.24) is 5.32 Å². The molecule has 1 nitrogen and oxygen atoms in total. The maximum atomic E-state index is 3.47. The van der Waals surface area contributed by atoms with E-state index in [0.717, 1.165) is 12.3 Å². The molecule has 0 aromatic carbocycles. The van der Waals surface area contributed by atoms with Crippen LogP contribution >= 0.6 is 0 Å². The minimum atomic E-state index is 0.619. The van der Waals surface area contributed by atoms with Crippen molar-refractivity contribution < 1.29 is 0 Å². The van der Waals surface area contributed by atoms with Gasteiger partial charge in [-0.3, -0.25) is 0 Å². The fourth-order valence-corrected chi connectivity index (χ4v) is 2.75. The topological polar surface area (TPSA) is 12.0 Å². The molecule has 1 aliphatic rings. The van der Waals surface area contributed by atoms with Gasteiger partial charge in [0.25, 0.3) is 0 Å². The number of nitrogens with one attached hydrogen (secondary N) is 1. The van der Waals surface area contributed by atoms with Crippen molar-refractivity contribution >= 4 is 0 Å². The molecule has 0 aromatic rings. The summed E-state index contributed by atoms with van der Waals surface area (Å²) in [6.45, 7) is 4.49. The zero-order valence-corrected chi connectivity index (χ0v) is 10.7. The number of hydrogen-bond acceptors (Lipinski definition) is 1. The van der Waals surface area contributed by atoms with Gasteiger partial charge in [-0.2, -0.15) is 0 Å². The van der Waals surface area contributed by atoms with Crippen LogP contribution in [-0.4, -0.2) is 13.1 Å². The van der Waals surface area contributed by atoms with Gasteiger partial charge in [0, 0.05) is 6.04 Å². The molecule has 1 N–H and O–H groups in total. The van der Waals surface area contributed by atoms with Gasteiger partial charge in [0.2, 0.25) is 0 Å². The fraction of sp³-hybridized carbons (Fsp3) is 0.857. The standard InChI is InChI=1S/C14H27N/c1-4-8-12(2)14(15-3)11-13-9-6-5-7-10-13/h8,13-15H,4-7,9-11H2,1-3H3/b12-8-. The summed E-state index contributed by atoms with van der Waals surface area (Å²) < 4.78 is 0. The van der Waals surface area contributed by atoms with E-state index in [4.69, 9.17) is 0 Å². The van der Waals surface area contributed by atoms with E-state index >= 15 is 0 Å². The van der Waals surface area contributed by atoms with Crippen molar-refractivity contribution in [3.05, 3.63) is 11.6 Å². The molecule has 0 amide bonds. The SMILES string of the molecule is CC/C=C(/C)C(CC1CCCCC1)NC. The summed E-state index contributed by atoms with van der Waals surface area (Å²) in [6, 6.07) is 0.619. The van der Waals surface area contributed by atoms with Crippen LogP contribution in [0.25, 0.3) is 0 Å². The monoisotopic (exact) mass is 209 g/mol. The van der Waals surface area contributed by atoms with Gasteiger partial charge in [-0.1, -0.05) is 50.7 Å². The Hall–Kier alpha value is -0.300. The van der Waals surface area contributed by atoms with Gasteiger partial charge in [-0.25, -0.2) is 0 Å². The van der Waals surface area contributed by atoms with Gasteiger partial charge in [0.05, 0.1) is 0 Å². The second kappa shape index (κ2) is 7.05. The molecule has 0 spiro atoms. The van der Waals surface area contributed by atoms with E-state index in [9.17, 15) is 0 Å². The Morgan fingerprint density at radius 1 is 1.33 bits per heavy atom. The molecule has 0 bridgehead atoms. The summed E-state index contributed by atoms with van der Waals surface area (Å²) in [5.41, 5.74) is 1.53. The van der Waals surface area contributed by atoms with Gasteiger partial charge in [-0.05, 0) is 32.7 Å². The van der Waals surface area contributed by atoms with Crippen LogP contribution in [0.3, 0.4) is 0 Å². The van der Waals surface area contributed by atoms with Crippen LogP contribution in [0.1, 0.15) is 58.8 Å². The average Bonchev–Trinajstić information content (AvgIpc) is 2.27. The summed E-state index contributed by atoms with van der Waals surface area (Å²) in [5.74, 6) is 0.969. The molecule has 1 rings (SSSR count). The van der Waals surface area contributed by atoms with E-state index in [1.165, 1.54) is 44.1 Å². The highest BCUT2D eigenvalue weighted by atomic mass is 14.9. The van der Waals surface area contributed by atoms with Crippen LogP contribution in [0, 0.1) is 5.92 Å². The minimum Gasteiger partial charge on any atom is -0.313 e. The smallest absolute Gasteiger partial charge is 0.0276 e. The molecular weight excluding hydrogens is 182 g/mol. The van der Waals surface area contributed by atoms with Crippen molar-refractivity contribution in [2.24, 2.45) is 5.92 Å². The van der Waals surface area contributed by atoms with Crippen LogP contribution in [0.15, 0.2) is 11.6 Å². The molecule has 0 heterocycles. The van der Waals surface area contributed by atoms with E-state index in [-0.39, 0.29) is 0 Å². The second-order valence-electron chi connectivity index (χ2n) is 4.94. The van der Waals surface area contributed by atoms with Gasteiger partial charge >= 0.3 is 0 Å². The quantitative estimate of drug-likeness (QED) is 0.677. The lowest BCUT2D eigenvalue weighted by atomic mass is 9.83. The summed E-state index contributed by atoms with van der Waals surface area (Å²) in [7, 11) is 2.10. The summed E-state index contributed by atoms with van der Waals surface area (Å²) in [4.78, 5) is 0. The first-order chi connectivity index (χ1) is 7.27. The molecule has 15 heavy (non-hydrogen) atoms. The van der Waals surface area contributed by atoms with Crippen LogP contribution in [-0.2, 0) is 0 Å². The zero-order chi connectivity index (χ0) is 11.1. The van der Waals surface area contributed by atoms with Crippen LogP contribution in [0.2, 0.25) is 0 Å². The van der Waals surface area contributed by atoms with Gasteiger partial charge in [0.15, 0.2) is 0 Å². The Balaban J connectivity index is 2.41. The van der Waals surface area contributed by atoms with E-state index in [0.29, 0.717) is 6.04 Å². The predicted octanol–water partition coefficient (Wildman–Crippen LogP) is 3.90. The molecule has 88 valence electrons. The third kappa shape index (κ3) is 4.38. The van der Waals surface area contributed by atoms with E-state index in [1.807, 2.05) is 0 Å². The zero-order valence-electron chi connectivity index (χ0n) is 10.7. The predicted molar refractivity (Wildman–Crippen MR) is 68.1 cm³/mol. The van der Waals surface area contributed by atoms with Crippen molar-refractivity contribution in [3.63, 3.8) is 0 Å². The minimum absolute atomic E-state index is 0.619. The van der Waals surface area contributed by atoms with Gasteiger partial charge in [-0.15, -0.1) is 0 Å². The number of likely N-dealkylation sites (N-methyl/N-ethyl adjacent to an activating group) is 1. The van der Waals surface area contributed by atoms with Crippen LogP contribution in [0.5, 0.6) is 0 Å². The van der Waals surface area contributed by atoms with E-state index in [2.05, 4.69) is 32.3 Å². The van der Waals surface area contributed by atoms with Crippen LogP contribution < -0.4 is 5.32 Å². The molecule has 0 radical (unpaired) electrons. The third-order valence-corrected chi connectivity index (χ3v) is 3.72. The molecule has 1 aliphatic carbocycles. The average molecular weight is 209 g/mol. The third-order valence-electron chi connectivity index (χ3n) is 3.72. The summed E-state index contributed by atoms with van der Waals surface area (Å²) in [6.07, 6.45) is 12.2. The largest absolute Gasteiger partial charge is 0.313 e. The van der Waals surface area contributed by atoms with Crippen molar-refractivity contribution in [2.45, 2.75) is 64.8 Å². The normalized spacial score (nSPS) is 21.7. The van der Waals surface area contributed by atoms with E-state index < -0.39 is 0 Å². The lowest BCUT2D eigenvalue weighted by Gasteiger charge is -2.27. The van der Waals surface area contributed by atoms with Crippen molar-refractivity contribution in [2.75, 3.05) is 7.05 Å². The number of rotatable bonds is 5. The number of allylic oxidation sites excluding steroid dienone is 1. The van der Waals surface area contributed by atoms with Gasteiger partial charge < -0.3 is 5.32 Å². The molecule has 1 fully saturated rings. The Morgan fingerprint density at radius 3 is 2.53 bits per heavy atom. The molecule has 1 saturated carbocycles. The van der Waals surface area contributed by atoms with Crippen LogP contribution in [0.4, 0.5) is 0 Å². The molecule has 1 atom stereocenters. The lowest BCUT2D eigenvalue weighted by Crippen LogP contribution is -2.29. The maximum absolute atomic E-state index is 3.47. The highest BCUT2D eigenvalue weighted by Crippen LogP contribution is 2.28. The first-order valence-electron chi connectivity index (χ1n) is 6.61. The van der Waals surface area contributed by atoms with Gasteiger partial charge in [0.1, 0.15) is 0 Å². The Labute approximate surface area is 95.3 Å². The van der Waals surface area contributed by atoms with E-state index in [1.54, 1.807) is 0 Å². The first kappa shape index (κ1) is 12.8. The summed E-state index contributed by atoms with van der Waals surface area (Å²) in [5, 5.41) is 3.47. The molecule has 1 unspecified atom stereocenters. The van der Waals surface area contributed by atoms with Crippen molar-refractivity contribution in [1.29, 1.82) is 0 Å². The second-order valence-corrected chi connectivity index (χ2v) is 4.94. The lowest BCUT2D eigenvalue weighted by molar-refractivity contribution is 0.315. The van der Waals surface area contributed by atoms with Crippen molar-refractivity contribution in [3.8, 4) is 0 Å². The summed E-state index contributed by atoms with van der Waals surface area (Å²) >= 11 is 0. The fourth-order valence-electron chi connectivity index (χ4n) is 2.75. The number of hydrogen-bond donors (Lipinski definition) is 1. The Kier molecular flexibility index (Phi) is 6.00. The highest BCUT2D eigenvalue weighted by Gasteiger charge is 2.18. The molecular formula is C14H27N.